The number of hydrogen-bond donors (Lipinski definition) is 2. The SMILES string of the molecule is NC(=O)C(O)(c1ccccc1)c1ccc(C2CC2)cc1. The van der Waals surface area contributed by atoms with Gasteiger partial charge in [-0.1, -0.05) is 54.6 Å². The van der Waals surface area contributed by atoms with Crippen molar-refractivity contribution >= 4 is 5.91 Å². The molecule has 20 heavy (non-hydrogen) atoms. The van der Waals surface area contributed by atoms with Crippen LogP contribution in [0.4, 0.5) is 0 Å². The summed E-state index contributed by atoms with van der Waals surface area (Å²) in [5.41, 5.74) is 5.95. The topological polar surface area (TPSA) is 63.3 Å². The van der Waals surface area contributed by atoms with E-state index < -0.39 is 11.5 Å². The molecule has 1 unspecified atom stereocenters. The first kappa shape index (κ1) is 12.9. The minimum absolute atomic E-state index is 0.492. The van der Waals surface area contributed by atoms with Crippen molar-refractivity contribution in [3.63, 3.8) is 0 Å². The second kappa shape index (κ2) is 4.76. The first-order chi connectivity index (χ1) is 9.62. The highest BCUT2D eigenvalue weighted by molar-refractivity contribution is 5.88. The molecule has 0 aliphatic heterocycles. The molecule has 1 aliphatic carbocycles. The number of carbonyl (C=O) groups excluding carboxylic acids is 1. The Labute approximate surface area is 118 Å². The third-order valence-corrected chi connectivity index (χ3v) is 3.93. The van der Waals surface area contributed by atoms with E-state index in [2.05, 4.69) is 0 Å². The summed E-state index contributed by atoms with van der Waals surface area (Å²) in [5.74, 6) is -0.120. The van der Waals surface area contributed by atoms with Gasteiger partial charge in [-0.3, -0.25) is 4.79 Å². The molecule has 2 aromatic rings. The number of primary amides is 1. The maximum atomic E-state index is 11.8. The van der Waals surface area contributed by atoms with Gasteiger partial charge in [-0.2, -0.15) is 0 Å². The summed E-state index contributed by atoms with van der Waals surface area (Å²) in [6, 6.07) is 16.4. The van der Waals surface area contributed by atoms with Gasteiger partial charge >= 0.3 is 0 Å². The van der Waals surface area contributed by atoms with Crippen LogP contribution in [0.15, 0.2) is 54.6 Å². The van der Waals surface area contributed by atoms with Gasteiger partial charge in [0.2, 0.25) is 0 Å². The molecule has 0 saturated heterocycles. The van der Waals surface area contributed by atoms with Gasteiger partial charge in [-0.05, 0) is 35.4 Å². The van der Waals surface area contributed by atoms with E-state index in [1.165, 1.54) is 18.4 Å². The lowest BCUT2D eigenvalue weighted by Gasteiger charge is -2.25. The Balaban J connectivity index is 2.03. The number of amides is 1. The molecule has 0 radical (unpaired) electrons. The molecule has 102 valence electrons. The fourth-order valence-electron chi connectivity index (χ4n) is 2.54. The second-order valence-corrected chi connectivity index (χ2v) is 5.34. The Kier molecular flexibility index (Phi) is 3.07. The molecule has 0 spiro atoms. The van der Waals surface area contributed by atoms with E-state index in [9.17, 15) is 9.90 Å². The Hall–Kier alpha value is -2.13. The first-order valence-electron chi connectivity index (χ1n) is 6.80. The molecule has 0 heterocycles. The molecule has 3 N–H and O–H groups in total. The number of rotatable bonds is 4. The summed E-state index contributed by atoms with van der Waals surface area (Å²) in [6.07, 6.45) is 2.44. The van der Waals surface area contributed by atoms with E-state index in [-0.39, 0.29) is 0 Å². The molecule has 2 aromatic carbocycles. The molecule has 3 heteroatoms. The zero-order valence-electron chi connectivity index (χ0n) is 11.1. The van der Waals surface area contributed by atoms with Gasteiger partial charge in [-0.15, -0.1) is 0 Å². The summed E-state index contributed by atoms with van der Waals surface area (Å²) in [6.45, 7) is 0. The van der Waals surface area contributed by atoms with Gasteiger partial charge in [0.1, 0.15) is 0 Å². The average molecular weight is 267 g/mol. The van der Waals surface area contributed by atoms with E-state index in [0.717, 1.165) is 0 Å². The van der Waals surface area contributed by atoms with Gasteiger partial charge in [0.25, 0.3) is 5.91 Å². The molecule has 1 saturated carbocycles. The molecule has 1 atom stereocenters. The van der Waals surface area contributed by atoms with Gasteiger partial charge < -0.3 is 10.8 Å². The lowest BCUT2D eigenvalue weighted by molar-refractivity contribution is -0.133. The van der Waals surface area contributed by atoms with Crippen molar-refractivity contribution in [2.75, 3.05) is 0 Å². The van der Waals surface area contributed by atoms with E-state index in [1.807, 2.05) is 18.2 Å². The molecular weight excluding hydrogens is 250 g/mol. The van der Waals surface area contributed by atoms with Crippen molar-refractivity contribution in [3.8, 4) is 0 Å². The van der Waals surface area contributed by atoms with Crippen molar-refractivity contribution in [3.05, 3.63) is 71.3 Å². The van der Waals surface area contributed by atoms with Crippen LogP contribution in [0.1, 0.15) is 35.4 Å². The number of carbonyl (C=O) groups is 1. The average Bonchev–Trinajstić information content (AvgIpc) is 3.32. The third kappa shape index (κ3) is 2.10. The van der Waals surface area contributed by atoms with Crippen LogP contribution in [-0.2, 0) is 10.4 Å². The Morgan fingerprint density at radius 1 is 1.00 bits per heavy atom. The summed E-state index contributed by atoms with van der Waals surface area (Å²) >= 11 is 0. The van der Waals surface area contributed by atoms with Crippen LogP contribution in [-0.4, -0.2) is 11.0 Å². The van der Waals surface area contributed by atoms with Gasteiger partial charge in [0.15, 0.2) is 5.60 Å². The summed E-state index contributed by atoms with van der Waals surface area (Å²) in [5, 5.41) is 10.8. The Morgan fingerprint density at radius 2 is 1.55 bits per heavy atom. The highest BCUT2D eigenvalue weighted by Gasteiger charge is 2.38. The summed E-state index contributed by atoms with van der Waals surface area (Å²) in [7, 11) is 0. The van der Waals surface area contributed by atoms with Crippen LogP contribution < -0.4 is 5.73 Å². The van der Waals surface area contributed by atoms with E-state index >= 15 is 0 Å². The van der Waals surface area contributed by atoms with Crippen molar-refractivity contribution in [1.82, 2.24) is 0 Å². The third-order valence-electron chi connectivity index (χ3n) is 3.93. The van der Waals surface area contributed by atoms with Crippen LogP contribution in [0, 0.1) is 0 Å². The van der Waals surface area contributed by atoms with Gasteiger partial charge in [-0.25, -0.2) is 0 Å². The number of benzene rings is 2. The summed E-state index contributed by atoms with van der Waals surface area (Å²) in [4.78, 5) is 11.8. The van der Waals surface area contributed by atoms with Crippen molar-refractivity contribution in [2.45, 2.75) is 24.4 Å². The largest absolute Gasteiger partial charge is 0.372 e. The lowest BCUT2D eigenvalue weighted by Crippen LogP contribution is -2.42. The lowest BCUT2D eigenvalue weighted by atomic mass is 9.85. The van der Waals surface area contributed by atoms with Gasteiger partial charge in [0, 0.05) is 0 Å². The van der Waals surface area contributed by atoms with Crippen LogP contribution in [0.2, 0.25) is 0 Å². The normalized spacial score (nSPS) is 17.4. The number of aliphatic hydroxyl groups is 1. The van der Waals surface area contributed by atoms with Crippen molar-refractivity contribution in [2.24, 2.45) is 5.73 Å². The summed E-state index contributed by atoms with van der Waals surface area (Å²) < 4.78 is 0. The number of nitrogens with two attached hydrogens (primary N) is 1. The maximum Gasteiger partial charge on any atom is 0.258 e. The standard InChI is InChI=1S/C17H17NO2/c18-16(19)17(20,14-4-2-1-3-5-14)15-10-8-13(9-11-15)12-6-7-12/h1-5,8-12,20H,6-7H2,(H2,18,19). The molecular formula is C17H17NO2. The Bertz CT molecular complexity index is 617. The highest BCUT2D eigenvalue weighted by Crippen LogP contribution is 2.40. The zero-order valence-corrected chi connectivity index (χ0v) is 11.1. The van der Waals surface area contributed by atoms with Gasteiger partial charge in [0.05, 0.1) is 0 Å². The molecule has 1 amide bonds. The first-order valence-corrected chi connectivity index (χ1v) is 6.80. The molecule has 0 bridgehead atoms. The van der Waals surface area contributed by atoms with Crippen LogP contribution in [0.25, 0.3) is 0 Å². The minimum Gasteiger partial charge on any atom is -0.372 e. The molecule has 0 aromatic heterocycles. The van der Waals surface area contributed by atoms with Crippen LogP contribution in [0.3, 0.4) is 0 Å². The smallest absolute Gasteiger partial charge is 0.258 e. The molecule has 3 rings (SSSR count). The van der Waals surface area contributed by atoms with Crippen LogP contribution in [0.5, 0.6) is 0 Å². The monoisotopic (exact) mass is 267 g/mol. The fourth-order valence-corrected chi connectivity index (χ4v) is 2.54. The van der Waals surface area contributed by atoms with E-state index in [4.69, 9.17) is 5.73 Å². The predicted octanol–water partition coefficient (Wildman–Crippen LogP) is 2.29. The number of hydrogen-bond acceptors (Lipinski definition) is 2. The zero-order chi connectivity index (χ0) is 14.2. The van der Waals surface area contributed by atoms with Crippen molar-refractivity contribution in [1.29, 1.82) is 0 Å². The Morgan fingerprint density at radius 3 is 2.05 bits per heavy atom. The predicted molar refractivity (Wildman–Crippen MR) is 77.1 cm³/mol. The molecule has 1 fully saturated rings. The molecule has 1 aliphatic rings. The minimum atomic E-state index is -1.77. The second-order valence-electron chi connectivity index (χ2n) is 5.34. The highest BCUT2D eigenvalue weighted by atomic mass is 16.3. The van der Waals surface area contributed by atoms with E-state index in [1.54, 1.807) is 36.4 Å². The van der Waals surface area contributed by atoms with Crippen molar-refractivity contribution < 1.29 is 9.90 Å². The van der Waals surface area contributed by atoms with E-state index in [0.29, 0.717) is 17.0 Å². The quantitative estimate of drug-likeness (QED) is 0.892. The fraction of sp³-hybridized carbons (Fsp3) is 0.235. The van der Waals surface area contributed by atoms with Crippen LogP contribution >= 0.6 is 0 Å². The molecule has 3 nitrogen and oxygen atoms in total. The maximum absolute atomic E-state index is 11.8.